The smallest absolute Gasteiger partial charge is 0.329 e. The van der Waals surface area contributed by atoms with Gasteiger partial charge in [-0.2, -0.15) is 14.4 Å². The SMILES string of the molecule is Cc1cncc(-c2cccc(N(C)c3nc4n[n+](-c5cc(-c6cncc(C7CC7)c6)cc(N(C)c6nc7nncn7c7cc(Cl)ccc67)c5)cn4c4cc(Cl)ccc34)c2)c1. The first-order chi connectivity index (χ1) is 29.2. The molecule has 1 fully saturated rings. The molecule has 6 aromatic heterocycles. The van der Waals surface area contributed by atoms with Crippen molar-refractivity contribution < 1.29 is 4.68 Å². The van der Waals surface area contributed by atoms with Crippen LogP contribution in [0.4, 0.5) is 23.0 Å². The molecular weight excluding hydrogens is 791 g/mol. The first-order valence-electron chi connectivity index (χ1n) is 19.5. The topological polar surface area (TPSA) is 109 Å². The van der Waals surface area contributed by atoms with Crippen LogP contribution in [0.5, 0.6) is 0 Å². The average Bonchev–Trinajstić information content (AvgIpc) is 3.85. The first kappa shape index (κ1) is 36.1. The molecule has 0 aliphatic heterocycles. The van der Waals surface area contributed by atoms with Crippen molar-refractivity contribution in [2.24, 2.45) is 0 Å². The minimum atomic E-state index is 0.468. The van der Waals surface area contributed by atoms with Crippen LogP contribution in [0.1, 0.15) is 29.9 Å². The van der Waals surface area contributed by atoms with Crippen molar-refractivity contribution in [3.63, 3.8) is 0 Å². The molecule has 12 nitrogen and oxygen atoms in total. The van der Waals surface area contributed by atoms with E-state index in [-0.39, 0.29) is 0 Å². The van der Waals surface area contributed by atoms with E-state index in [1.165, 1.54) is 18.4 Å². The molecule has 1 saturated carbocycles. The predicted octanol–water partition coefficient (Wildman–Crippen LogP) is 9.90. The van der Waals surface area contributed by atoms with Crippen LogP contribution in [0.3, 0.4) is 0 Å². The molecule has 11 rings (SSSR count). The molecule has 4 aromatic carbocycles. The summed E-state index contributed by atoms with van der Waals surface area (Å²) in [5.41, 5.74) is 10.8. The highest BCUT2D eigenvalue weighted by molar-refractivity contribution is 6.31. The van der Waals surface area contributed by atoms with Crippen molar-refractivity contribution in [2.45, 2.75) is 25.7 Å². The fraction of sp³-hybridized carbons (Fsp3) is 0.130. The highest BCUT2D eigenvalue weighted by Crippen LogP contribution is 2.42. The van der Waals surface area contributed by atoms with E-state index in [2.05, 4.69) is 84.6 Å². The number of pyridine rings is 2. The number of hydrogen-bond donors (Lipinski definition) is 0. The van der Waals surface area contributed by atoms with Gasteiger partial charge in [0.2, 0.25) is 0 Å². The van der Waals surface area contributed by atoms with Gasteiger partial charge in [0.1, 0.15) is 17.7 Å². The van der Waals surface area contributed by atoms with E-state index in [1.54, 1.807) is 6.33 Å². The molecule has 0 saturated heterocycles. The molecule has 0 atom stereocenters. The molecule has 0 N–H and O–H groups in total. The maximum Gasteiger partial charge on any atom is 0.365 e. The Hall–Kier alpha value is -7.02. The van der Waals surface area contributed by atoms with Crippen LogP contribution < -0.4 is 14.5 Å². The molecule has 1 aliphatic carbocycles. The summed E-state index contributed by atoms with van der Waals surface area (Å²) in [5.74, 6) is 2.97. The average molecular weight is 827 g/mol. The van der Waals surface area contributed by atoms with Gasteiger partial charge < -0.3 is 9.80 Å². The molecular formula is C46H35Cl2N12+. The van der Waals surface area contributed by atoms with E-state index in [1.807, 2.05) is 102 Å². The fourth-order valence-corrected chi connectivity index (χ4v) is 8.31. The van der Waals surface area contributed by atoms with Crippen LogP contribution in [-0.4, -0.2) is 58.1 Å². The zero-order chi connectivity index (χ0) is 40.6. The largest absolute Gasteiger partial charge is 0.365 e. The standard InChI is InChI=1S/C46H35Cl2N12/c1-27-13-31(22-49-21-27)29-5-4-6-36(15-29)56(2)44-40-12-10-35(48)19-42(40)59-26-60(55-46(59)53-44)38-17-30(33-14-32(23-50-24-33)28-7-8-28)16-37(20-38)57(3)43-39-11-9-34(47)18-41(39)58-25-51-54-45(58)52-43/h4-6,9-26,28H,7-8H2,1-3H3/q+1. The van der Waals surface area contributed by atoms with Gasteiger partial charge in [-0.3, -0.25) is 14.4 Å². The van der Waals surface area contributed by atoms with E-state index in [9.17, 15) is 0 Å². The minimum absolute atomic E-state index is 0.468. The number of fused-ring (bicyclic) bond motifs is 6. The molecule has 6 heterocycles. The third kappa shape index (κ3) is 6.32. The Morgan fingerprint density at radius 2 is 1.33 bits per heavy atom. The summed E-state index contributed by atoms with van der Waals surface area (Å²) in [7, 11) is 4.03. The van der Waals surface area contributed by atoms with Crippen molar-refractivity contribution in [3.05, 3.63) is 150 Å². The molecule has 14 heteroatoms. The van der Waals surface area contributed by atoms with Crippen molar-refractivity contribution >= 4 is 79.6 Å². The van der Waals surface area contributed by atoms with E-state index in [4.69, 9.17) is 38.3 Å². The Morgan fingerprint density at radius 1 is 0.650 bits per heavy atom. The van der Waals surface area contributed by atoms with Crippen LogP contribution in [0, 0.1) is 6.92 Å². The normalized spacial score (nSPS) is 12.9. The summed E-state index contributed by atoms with van der Waals surface area (Å²) in [4.78, 5) is 23.4. The van der Waals surface area contributed by atoms with Gasteiger partial charge in [0.05, 0.1) is 10.9 Å². The summed E-state index contributed by atoms with van der Waals surface area (Å²) in [5, 5.41) is 16.6. The van der Waals surface area contributed by atoms with E-state index in [0.717, 1.165) is 72.5 Å². The number of aromatic nitrogens is 10. The minimum Gasteiger partial charge on any atom is -0.329 e. The molecule has 10 aromatic rings. The second-order valence-electron chi connectivity index (χ2n) is 15.4. The molecule has 60 heavy (non-hydrogen) atoms. The Balaban J connectivity index is 1.07. The highest BCUT2D eigenvalue weighted by atomic mass is 35.5. The second kappa shape index (κ2) is 14.1. The Morgan fingerprint density at radius 3 is 2.08 bits per heavy atom. The maximum absolute atomic E-state index is 6.70. The van der Waals surface area contributed by atoms with Gasteiger partial charge in [-0.25, -0.2) is 0 Å². The Bertz CT molecular complexity index is 3340. The van der Waals surface area contributed by atoms with Gasteiger partial charge in [-0.15, -0.1) is 10.2 Å². The van der Waals surface area contributed by atoms with E-state index >= 15 is 0 Å². The zero-order valence-electron chi connectivity index (χ0n) is 32.7. The van der Waals surface area contributed by atoms with Crippen molar-refractivity contribution in [1.29, 1.82) is 0 Å². The van der Waals surface area contributed by atoms with Crippen LogP contribution in [0.2, 0.25) is 10.0 Å². The van der Waals surface area contributed by atoms with Crippen molar-refractivity contribution in [1.82, 2.24) is 44.0 Å². The molecule has 0 bridgehead atoms. The maximum atomic E-state index is 6.70. The summed E-state index contributed by atoms with van der Waals surface area (Å²) >= 11 is 13.2. The summed E-state index contributed by atoms with van der Waals surface area (Å²) in [6.45, 7) is 2.05. The number of hydrogen-bond acceptors (Lipinski definition) is 9. The lowest BCUT2D eigenvalue weighted by Gasteiger charge is -2.21. The number of aryl methyl sites for hydroxylation is 1. The number of anilines is 4. The van der Waals surface area contributed by atoms with Gasteiger partial charge in [0, 0.05) is 88.9 Å². The number of halogens is 2. The van der Waals surface area contributed by atoms with Gasteiger partial charge in [-0.05, 0) is 120 Å². The molecule has 292 valence electrons. The first-order valence-corrected chi connectivity index (χ1v) is 20.3. The molecule has 1 aliphatic rings. The van der Waals surface area contributed by atoms with Crippen molar-refractivity contribution in [3.8, 4) is 27.9 Å². The van der Waals surface area contributed by atoms with Crippen LogP contribution in [0.15, 0.2) is 128 Å². The number of nitrogens with zero attached hydrogens (tertiary/aromatic N) is 12. The van der Waals surface area contributed by atoms with Gasteiger partial charge in [0.15, 0.2) is 11.5 Å². The van der Waals surface area contributed by atoms with E-state index in [0.29, 0.717) is 33.3 Å². The van der Waals surface area contributed by atoms with Crippen LogP contribution >= 0.6 is 23.2 Å². The quantitative estimate of drug-likeness (QED) is 0.138. The van der Waals surface area contributed by atoms with Gasteiger partial charge in [0.25, 0.3) is 12.1 Å². The lowest BCUT2D eigenvalue weighted by Crippen LogP contribution is -2.32. The zero-order valence-corrected chi connectivity index (χ0v) is 34.3. The van der Waals surface area contributed by atoms with Gasteiger partial charge >= 0.3 is 5.78 Å². The number of benzene rings is 4. The van der Waals surface area contributed by atoms with Crippen LogP contribution in [-0.2, 0) is 0 Å². The predicted molar refractivity (Wildman–Crippen MR) is 236 cm³/mol. The molecule has 0 spiro atoms. The van der Waals surface area contributed by atoms with E-state index < -0.39 is 0 Å². The third-order valence-corrected chi connectivity index (χ3v) is 11.7. The highest BCUT2D eigenvalue weighted by Gasteiger charge is 2.26. The Kier molecular flexibility index (Phi) is 8.46. The second-order valence-corrected chi connectivity index (χ2v) is 16.2. The lowest BCUT2D eigenvalue weighted by molar-refractivity contribution is -0.655. The molecule has 0 radical (unpaired) electrons. The summed E-state index contributed by atoms with van der Waals surface area (Å²) in [6, 6.07) is 30.8. The summed E-state index contributed by atoms with van der Waals surface area (Å²) < 4.78 is 5.69. The Labute approximate surface area is 354 Å². The molecule has 0 amide bonds. The lowest BCUT2D eigenvalue weighted by atomic mass is 10.0. The van der Waals surface area contributed by atoms with Crippen LogP contribution in [0.25, 0.3) is 61.3 Å². The summed E-state index contributed by atoms with van der Waals surface area (Å²) in [6.07, 6.45) is 13.6. The fourth-order valence-electron chi connectivity index (χ4n) is 7.98. The third-order valence-electron chi connectivity index (χ3n) is 11.3. The van der Waals surface area contributed by atoms with Gasteiger partial charge in [-0.1, -0.05) is 40.0 Å². The molecule has 0 unspecified atom stereocenters. The number of rotatable bonds is 8. The monoisotopic (exact) mass is 825 g/mol. The van der Waals surface area contributed by atoms with Crippen molar-refractivity contribution in [2.75, 3.05) is 23.9 Å².